The van der Waals surface area contributed by atoms with E-state index in [9.17, 15) is 13.2 Å². The molecule has 7 nitrogen and oxygen atoms in total. The highest BCUT2D eigenvalue weighted by Gasteiger charge is 2.31. The van der Waals surface area contributed by atoms with E-state index in [0.717, 1.165) is 10.6 Å². The number of methoxy groups -OCH3 is 1. The molecule has 0 fully saturated rings. The van der Waals surface area contributed by atoms with Crippen LogP contribution in [0.4, 0.5) is 5.69 Å². The molecular formula is C19H22Cl2N2O5S. The number of nitrogens with one attached hydrogen (secondary N) is 1. The Kier molecular flexibility index (Phi) is 8.01. The number of sulfonamides is 1. The van der Waals surface area contributed by atoms with Gasteiger partial charge in [0.2, 0.25) is 15.9 Å². The van der Waals surface area contributed by atoms with Gasteiger partial charge in [0.1, 0.15) is 24.1 Å². The van der Waals surface area contributed by atoms with Gasteiger partial charge in [-0.05, 0) is 49.4 Å². The van der Waals surface area contributed by atoms with Crippen LogP contribution in [0.5, 0.6) is 11.5 Å². The lowest BCUT2D eigenvalue weighted by molar-refractivity contribution is -0.121. The highest BCUT2D eigenvalue weighted by atomic mass is 35.5. The van der Waals surface area contributed by atoms with Gasteiger partial charge in [-0.3, -0.25) is 9.10 Å². The first-order chi connectivity index (χ1) is 13.6. The lowest BCUT2D eigenvalue weighted by Gasteiger charge is -2.29. The van der Waals surface area contributed by atoms with Crippen molar-refractivity contribution in [3.63, 3.8) is 0 Å². The summed E-state index contributed by atoms with van der Waals surface area (Å²) < 4.78 is 36.6. The molecule has 2 aromatic rings. The number of amides is 1. The van der Waals surface area contributed by atoms with Crippen molar-refractivity contribution in [3.8, 4) is 11.5 Å². The topological polar surface area (TPSA) is 84.9 Å². The quantitative estimate of drug-likeness (QED) is 0.579. The predicted molar refractivity (Wildman–Crippen MR) is 115 cm³/mol. The smallest absolute Gasteiger partial charge is 0.243 e. The van der Waals surface area contributed by atoms with Crippen molar-refractivity contribution in [3.05, 3.63) is 52.5 Å². The Morgan fingerprint density at radius 3 is 2.34 bits per heavy atom. The van der Waals surface area contributed by atoms with Gasteiger partial charge in [-0.25, -0.2) is 8.42 Å². The monoisotopic (exact) mass is 460 g/mol. The van der Waals surface area contributed by atoms with Gasteiger partial charge >= 0.3 is 0 Å². The van der Waals surface area contributed by atoms with Crippen LogP contribution < -0.4 is 19.1 Å². The second kappa shape index (κ2) is 10.0. The summed E-state index contributed by atoms with van der Waals surface area (Å²) in [5.74, 6) is 0.404. The molecule has 0 aromatic heterocycles. The first kappa shape index (κ1) is 23.1. The molecule has 0 spiro atoms. The minimum atomic E-state index is -3.80. The van der Waals surface area contributed by atoms with E-state index in [4.69, 9.17) is 32.7 Å². The Balaban J connectivity index is 2.07. The summed E-state index contributed by atoms with van der Waals surface area (Å²) in [6.45, 7) is 1.88. The maximum Gasteiger partial charge on any atom is 0.243 e. The van der Waals surface area contributed by atoms with Gasteiger partial charge in [0.05, 0.1) is 25.6 Å². The fraction of sp³-hybridized carbons (Fsp3) is 0.316. The minimum absolute atomic E-state index is 0.183. The van der Waals surface area contributed by atoms with E-state index < -0.39 is 22.0 Å². The lowest BCUT2D eigenvalue weighted by Crippen LogP contribution is -2.48. The first-order valence-electron chi connectivity index (χ1n) is 8.62. The Morgan fingerprint density at radius 2 is 1.76 bits per heavy atom. The number of hydrogen-bond donors (Lipinski definition) is 1. The van der Waals surface area contributed by atoms with E-state index in [2.05, 4.69) is 5.32 Å². The summed E-state index contributed by atoms with van der Waals surface area (Å²) in [4.78, 5) is 12.6. The Labute approximate surface area is 180 Å². The summed E-state index contributed by atoms with van der Waals surface area (Å²) >= 11 is 11.8. The van der Waals surface area contributed by atoms with Crippen LogP contribution in [-0.2, 0) is 14.8 Å². The fourth-order valence-electron chi connectivity index (χ4n) is 2.64. The van der Waals surface area contributed by atoms with Crippen LogP contribution in [0.3, 0.4) is 0 Å². The number of anilines is 1. The molecule has 0 radical (unpaired) electrons. The molecule has 2 aromatic carbocycles. The van der Waals surface area contributed by atoms with Crippen LogP contribution in [0.2, 0.25) is 10.0 Å². The average molecular weight is 461 g/mol. The van der Waals surface area contributed by atoms with E-state index in [1.807, 2.05) is 0 Å². The van der Waals surface area contributed by atoms with Crippen molar-refractivity contribution in [1.29, 1.82) is 0 Å². The highest BCUT2D eigenvalue weighted by Crippen LogP contribution is 2.34. The molecule has 0 aliphatic rings. The van der Waals surface area contributed by atoms with Crippen LogP contribution in [0.25, 0.3) is 0 Å². The Morgan fingerprint density at radius 1 is 1.14 bits per heavy atom. The summed E-state index contributed by atoms with van der Waals surface area (Å²) in [5, 5.41) is 3.58. The van der Waals surface area contributed by atoms with Gasteiger partial charge in [-0.1, -0.05) is 23.2 Å². The normalized spacial score (nSPS) is 12.2. The molecule has 29 heavy (non-hydrogen) atoms. The number of halogens is 2. The maximum absolute atomic E-state index is 12.6. The van der Waals surface area contributed by atoms with Gasteiger partial charge in [0, 0.05) is 10.0 Å². The van der Waals surface area contributed by atoms with Gasteiger partial charge in [-0.2, -0.15) is 0 Å². The zero-order valence-electron chi connectivity index (χ0n) is 16.2. The molecule has 1 amide bonds. The number of carbonyl (C=O) groups excluding carboxylic acids is 1. The molecule has 158 valence electrons. The molecule has 0 bridgehead atoms. The van der Waals surface area contributed by atoms with Crippen molar-refractivity contribution in [2.45, 2.75) is 13.0 Å². The highest BCUT2D eigenvalue weighted by molar-refractivity contribution is 7.92. The second-order valence-electron chi connectivity index (χ2n) is 6.14. The zero-order chi connectivity index (χ0) is 21.6. The number of benzene rings is 2. The van der Waals surface area contributed by atoms with Gasteiger partial charge in [0.15, 0.2) is 0 Å². The van der Waals surface area contributed by atoms with E-state index in [1.54, 1.807) is 36.4 Å². The number of carbonyl (C=O) groups is 1. The molecule has 10 heteroatoms. The van der Waals surface area contributed by atoms with Crippen LogP contribution in [0.15, 0.2) is 42.5 Å². The van der Waals surface area contributed by atoms with Crippen LogP contribution in [0, 0.1) is 0 Å². The summed E-state index contributed by atoms with van der Waals surface area (Å²) in [5.41, 5.74) is 0.183. The average Bonchev–Trinajstić information content (AvgIpc) is 2.65. The summed E-state index contributed by atoms with van der Waals surface area (Å²) in [7, 11) is -2.39. The lowest BCUT2D eigenvalue weighted by atomic mass is 10.2. The van der Waals surface area contributed by atoms with Crippen molar-refractivity contribution in [2.24, 2.45) is 0 Å². The number of hydrogen-bond acceptors (Lipinski definition) is 5. The van der Waals surface area contributed by atoms with Crippen molar-refractivity contribution < 1.29 is 22.7 Å². The van der Waals surface area contributed by atoms with Gasteiger partial charge in [0.25, 0.3) is 0 Å². The Hall–Kier alpha value is -2.16. The van der Waals surface area contributed by atoms with Crippen molar-refractivity contribution >= 4 is 44.8 Å². The standard InChI is InChI=1S/C19H22Cl2N2O5S/c1-13(19(24)22-10-11-28-16-7-4-14(20)5-8-16)23(29(3,25)26)17-12-15(21)6-9-18(17)27-2/h4-9,12-13H,10-11H2,1-3H3,(H,22,24)/t13-/m0/s1. The van der Waals surface area contributed by atoms with Crippen LogP contribution in [0.1, 0.15) is 6.92 Å². The largest absolute Gasteiger partial charge is 0.495 e. The van der Waals surface area contributed by atoms with Gasteiger partial charge < -0.3 is 14.8 Å². The number of nitrogens with zero attached hydrogens (tertiary/aromatic N) is 1. The van der Waals surface area contributed by atoms with E-state index in [0.29, 0.717) is 15.8 Å². The predicted octanol–water partition coefficient (Wildman–Crippen LogP) is 3.35. The van der Waals surface area contributed by atoms with Crippen molar-refractivity contribution in [2.75, 3.05) is 30.8 Å². The minimum Gasteiger partial charge on any atom is -0.495 e. The molecule has 0 aliphatic carbocycles. The first-order valence-corrected chi connectivity index (χ1v) is 11.2. The van der Waals surface area contributed by atoms with Crippen LogP contribution in [-0.4, -0.2) is 46.9 Å². The number of ether oxygens (including phenoxy) is 2. The molecule has 0 saturated carbocycles. The fourth-order valence-corrected chi connectivity index (χ4v) is 4.10. The molecule has 0 heterocycles. The third-order valence-electron chi connectivity index (χ3n) is 3.95. The molecular weight excluding hydrogens is 439 g/mol. The molecule has 0 saturated heterocycles. The molecule has 1 atom stereocenters. The molecule has 0 aliphatic heterocycles. The van der Waals surface area contributed by atoms with E-state index in [1.165, 1.54) is 20.1 Å². The second-order valence-corrected chi connectivity index (χ2v) is 8.88. The van der Waals surface area contributed by atoms with E-state index >= 15 is 0 Å². The zero-order valence-corrected chi connectivity index (χ0v) is 18.5. The van der Waals surface area contributed by atoms with Crippen LogP contribution >= 0.6 is 23.2 Å². The molecule has 0 unspecified atom stereocenters. The Bertz CT molecular complexity index is 952. The summed E-state index contributed by atoms with van der Waals surface area (Å²) in [6.07, 6.45) is 1.01. The number of rotatable bonds is 9. The maximum atomic E-state index is 12.6. The third kappa shape index (κ3) is 6.42. The molecule has 1 N–H and O–H groups in total. The van der Waals surface area contributed by atoms with E-state index in [-0.39, 0.29) is 24.6 Å². The summed E-state index contributed by atoms with van der Waals surface area (Å²) in [6, 6.07) is 10.3. The molecule has 2 rings (SSSR count). The van der Waals surface area contributed by atoms with Gasteiger partial charge in [-0.15, -0.1) is 0 Å². The van der Waals surface area contributed by atoms with Crippen molar-refractivity contribution in [1.82, 2.24) is 5.32 Å². The third-order valence-corrected chi connectivity index (χ3v) is 5.67. The SMILES string of the molecule is COc1ccc(Cl)cc1N([C@@H](C)C(=O)NCCOc1ccc(Cl)cc1)S(C)(=O)=O.